The first kappa shape index (κ1) is 15.5. The van der Waals surface area contributed by atoms with Crippen LogP contribution in [0.15, 0.2) is 41.2 Å². The fourth-order valence-corrected chi connectivity index (χ4v) is 1.79. The number of nitrogens with zero attached hydrogens (tertiary/aromatic N) is 1. The average Bonchev–Trinajstić information content (AvgIpc) is 2.44. The number of alkyl halides is 3. The molecule has 22 heavy (non-hydrogen) atoms. The summed E-state index contributed by atoms with van der Waals surface area (Å²) < 4.78 is 39.5. The van der Waals surface area contributed by atoms with Crippen LogP contribution < -0.4 is 16.6 Å². The fraction of sp³-hybridized carbons (Fsp3) is 0.154. The number of H-pyrrole nitrogens is 1. The maximum absolute atomic E-state index is 13.2. The molecule has 9 heteroatoms. The zero-order valence-corrected chi connectivity index (χ0v) is 11.0. The van der Waals surface area contributed by atoms with Gasteiger partial charge in [0.1, 0.15) is 5.69 Å². The summed E-state index contributed by atoms with van der Waals surface area (Å²) >= 11 is 0. The van der Waals surface area contributed by atoms with E-state index in [1.54, 1.807) is 6.07 Å². The topological polar surface area (TPSA) is 101 Å². The molecule has 1 amide bonds. The molecule has 0 saturated carbocycles. The number of nitrogens with two attached hydrogens (primary N) is 1. The van der Waals surface area contributed by atoms with E-state index in [1.165, 1.54) is 24.3 Å². The van der Waals surface area contributed by atoms with Crippen LogP contribution in [0.2, 0.25) is 0 Å². The van der Waals surface area contributed by atoms with E-state index in [2.05, 4.69) is 15.3 Å². The highest BCUT2D eigenvalue weighted by Gasteiger charge is 2.41. The zero-order valence-electron chi connectivity index (χ0n) is 11.0. The van der Waals surface area contributed by atoms with Crippen molar-refractivity contribution in [2.24, 2.45) is 5.73 Å². The van der Waals surface area contributed by atoms with Gasteiger partial charge in [-0.25, -0.2) is 4.98 Å². The average molecular weight is 312 g/mol. The van der Waals surface area contributed by atoms with Gasteiger partial charge < -0.3 is 11.1 Å². The van der Waals surface area contributed by atoms with Gasteiger partial charge in [-0.1, -0.05) is 30.3 Å². The third kappa shape index (κ3) is 3.62. The number of benzene rings is 1. The highest BCUT2D eigenvalue weighted by Crippen LogP contribution is 2.34. The van der Waals surface area contributed by atoms with Crippen molar-refractivity contribution in [1.29, 1.82) is 0 Å². The van der Waals surface area contributed by atoms with Crippen LogP contribution >= 0.6 is 0 Å². The summed E-state index contributed by atoms with van der Waals surface area (Å²) in [6, 6.07) is 5.74. The van der Waals surface area contributed by atoms with Crippen molar-refractivity contribution in [3.63, 3.8) is 0 Å². The van der Waals surface area contributed by atoms with Gasteiger partial charge in [0.05, 0.1) is 0 Å². The van der Waals surface area contributed by atoms with Crippen molar-refractivity contribution < 1.29 is 18.0 Å². The van der Waals surface area contributed by atoms with Crippen LogP contribution in [-0.4, -0.2) is 22.1 Å². The molecule has 116 valence electrons. The Labute approximate surface area is 122 Å². The van der Waals surface area contributed by atoms with Gasteiger partial charge in [-0.3, -0.25) is 14.6 Å². The summed E-state index contributed by atoms with van der Waals surface area (Å²) in [4.78, 5) is 28.0. The van der Waals surface area contributed by atoms with E-state index in [1.807, 2.05) is 0 Å². The molecule has 1 atom stereocenters. The fourth-order valence-electron chi connectivity index (χ4n) is 1.79. The highest BCUT2D eigenvalue weighted by atomic mass is 19.4. The molecule has 1 aromatic heterocycles. The Kier molecular flexibility index (Phi) is 4.15. The number of hydrogen-bond acceptors (Lipinski definition) is 4. The van der Waals surface area contributed by atoms with Crippen LogP contribution in [-0.2, 0) is 0 Å². The molecule has 6 nitrogen and oxygen atoms in total. The van der Waals surface area contributed by atoms with Crippen LogP contribution in [0.4, 0.5) is 19.1 Å². The van der Waals surface area contributed by atoms with Gasteiger partial charge in [0, 0.05) is 6.07 Å². The van der Waals surface area contributed by atoms with Crippen molar-refractivity contribution in [2.45, 2.75) is 12.2 Å². The predicted molar refractivity (Wildman–Crippen MR) is 72.2 cm³/mol. The second-order valence-electron chi connectivity index (χ2n) is 4.37. The molecule has 2 rings (SSSR count). The van der Waals surface area contributed by atoms with Gasteiger partial charge in [0.25, 0.3) is 11.5 Å². The molecule has 0 radical (unpaired) electrons. The molecule has 0 fully saturated rings. The van der Waals surface area contributed by atoms with Gasteiger partial charge in [0.15, 0.2) is 6.04 Å². The first-order chi connectivity index (χ1) is 10.3. The molecule has 0 saturated heterocycles. The Balaban J connectivity index is 2.40. The minimum Gasteiger partial charge on any atom is -0.364 e. The second-order valence-corrected chi connectivity index (χ2v) is 4.37. The number of nitrogens with one attached hydrogen (secondary N) is 2. The highest BCUT2D eigenvalue weighted by molar-refractivity contribution is 5.90. The number of rotatable bonds is 4. The zero-order chi connectivity index (χ0) is 16.3. The first-order valence-electron chi connectivity index (χ1n) is 6.07. The number of halogens is 3. The Hall–Kier alpha value is -2.84. The Morgan fingerprint density at radius 1 is 1.27 bits per heavy atom. The van der Waals surface area contributed by atoms with Crippen molar-refractivity contribution in [3.05, 3.63) is 58.0 Å². The van der Waals surface area contributed by atoms with Gasteiger partial charge in [-0.05, 0) is 5.56 Å². The van der Waals surface area contributed by atoms with E-state index >= 15 is 0 Å². The van der Waals surface area contributed by atoms with E-state index < -0.39 is 35.3 Å². The molecule has 0 aliphatic carbocycles. The molecule has 0 spiro atoms. The molecule has 0 aliphatic heterocycles. The smallest absolute Gasteiger partial charge is 0.364 e. The number of hydrogen-bond donors (Lipinski definition) is 3. The lowest BCUT2D eigenvalue weighted by molar-refractivity contribution is -0.144. The Morgan fingerprint density at radius 2 is 1.91 bits per heavy atom. The largest absolute Gasteiger partial charge is 0.412 e. The third-order valence-electron chi connectivity index (χ3n) is 2.74. The maximum Gasteiger partial charge on any atom is 0.412 e. The lowest BCUT2D eigenvalue weighted by atomic mass is 10.1. The SMILES string of the molecule is NC(=O)c1cc(=O)[nH]c(NC(c2ccccc2)C(F)(F)F)n1. The summed E-state index contributed by atoms with van der Waals surface area (Å²) in [7, 11) is 0. The van der Waals surface area contributed by atoms with Crippen LogP contribution in [0.5, 0.6) is 0 Å². The minimum atomic E-state index is -4.64. The summed E-state index contributed by atoms with van der Waals surface area (Å²) in [6.07, 6.45) is -4.64. The molecule has 1 aromatic carbocycles. The van der Waals surface area contributed by atoms with Crippen molar-refractivity contribution in [3.8, 4) is 0 Å². The van der Waals surface area contributed by atoms with E-state index in [0.29, 0.717) is 0 Å². The third-order valence-corrected chi connectivity index (χ3v) is 2.74. The minimum absolute atomic E-state index is 0.0675. The number of aromatic amines is 1. The van der Waals surface area contributed by atoms with Crippen LogP contribution in [0, 0.1) is 0 Å². The first-order valence-corrected chi connectivity index (χ1v) is 6.07. The molecule has 4 N–H and O–H groups in total. The molecule has 1 unspecified atom stereocenters. The molecular weight excluding hydrogens is 301 g/mol. The monoisotopic (exact) mass is 312 g/mol. The Bertz CT molecular complexity index is 728. The molecule has 0 bridgehead atoms. The summed E-state index contributed by atoms with van der Waals surface area (Å²) in [5.41, 5.74) is 3.69. The van der Waals surface area contributed by atoms with E-state index in [9.17, 15) is 22.8 Å². The lowest BCUT2D eigenvalue weighted by Crippen LogP contribution is -2.30. The van der Waals surface area contributed by atoms with Crippen LogP contribution in [0.1, 0.15) is 22.1 Å². The second kappa shape index (κ2) is 5.88. The number of aromatic nitrogens is 2. The summed E-state index contributed by atoms with van der Waals surface area (Å²) in [5.74, 6) is -1.51. The number of carbonyl (C=O) groups excluding carboxylic acids is 1. The standard InChI is InChI=1S/C13H11F3N4O2/c14-13(15,16)10(7-4-2-1-3-5-7)20-12-18-8(11(17)22)6-9(21)19-12/h1-6,10H,(H2,17,22)(H2,18,19,20,21). The van der Waals surface area contributed by atoms with E-state index in [-0.39, 0.29) is 5.56 Å². The van der Waals surface area contributed by atoms with E-state index in [0.717, 1.165) is 6.07 Å². The predicted octanol–water partition coefficient (Wildman–Crippen LogP) is 1.58. The van der Waals surface area contributed by atoms with Gasteiger partial charge in [-0.2, -0.15) is 13.2 Å². The number of amides is 1. The van der Waals surface area contributed by atoms with E-state index in [4.69, 9.17) is 5.73 Å². The number of primary amides is 1. The number of anilines is 1. The lowest BCUT2D eigenvalue weighted by Gasteiger charge is -2.22. The quantitative estimate of drug-likeness (QED) is 0.798. The molecule has 1 heterocycles. The normalized spacial score (nSPS) is 12.7. The van der Waals surface area contributed by atoms with Crippen molar-refractivity contribution >= 4 is 11.9 Å². The number of carbonyl (C=O) groups is 1. The maximum atomic E-state index is 13.2. The molecule has 0 aliphatic rings. The Morgan fingerprint density at radius 3 is 2.45 bits per heavy atom. The van der Waals surface area contributed by atoms with Gasteiger partial charge >= 0.3 is 6.18 Å². The summed E-state index contributed by atoms with van der Waals surface area (Å²) in [5, 5.41) is 2.07. The molecule has 2 aromatic rings. The van der Waals surface area contributed by atoms with Crippen molar-refractivity contribution in [2.75, 3.05) is 5.32 Å². The van der Waals surface area contributed by atoms with Crippen molar-refractivity contribution in [1.82, 2.24) is 9.97 Å². The molecular formula is C13H11F3N4O2. The van der Waals surface area contributed by atoms with Gasteiger partial charge in [0.2, 0.25) is 5.95 Å². The van der Waals surface area contributed by atoms with Crippen LogP contribution in [0.25, 0.3) is 0 Å². The van der Waals surface area contributed by atoms with Crippen LogP contribution in [0.3, 0.4) is 0 Å². The summed E-state index contributed by atoms with van der Waals surface area (Å²) in [6.45, 7) is 0. The van der Waals surface area contributed by atoms with Gasteiger partial charge in [-0.15, -0.1) is 0 Å².